The highest BCUT2D eigenvalue weighted by Gasteiger charge is 2.49. The molecule has 3 fully saturated rings. The van der Waals surface area contributed by atoms with Gasteiger partial charge < -0.3 is 24.2 Å². The number of halogens is 3. The number of pyridine rings is 1. The summed E-state index contributed by atoms with van der Waals surface area (Å²) in [5.74, 6) is 1.74. The zero-order valence-electron chi connectivity index (χ0n) is 27.3. The van der Waals surface area contributed by atoms with Crippen LogP contribution in [0.4, 0.5) is 19.0 Å². The summed E-state index contributed by atoms with van der Waals surface area (Å²) in [5, 5.41) is 12.2. The Kier molecular flexibility index (Phi) is 8.34. The molecule has 0 saturated carbocycles. The van der Waals surface area contributed by atoms with E-state index in [0.717, 1.165) is 19.4 Å². The second-order valence-corrected chi connectivity index (χ2v) is 13.5. The average Bonchev–Trinajstić information content (AvgIpc) is 3.59. The highest BCUT2D eigenvalue weighted by atomic mass is 19.1. The van der Waals surface area contributed by atoms with Gasteiger partial charge in [-0.25, -0.2) is 18.2 Å². The van der Waals surface area contributed by atoms with Gasteiger partial charge in [0.15, 0.2) is 12.6 Å². The van der Waals surface area contributed by atoms with E-state index < -0.39 is 28.9 Å². The molecule has 3 saturated heterocycles. The molecule has 5 heterocycles. The molecule has 4 aromatic rings. The van der Waals surface area contributed by atoms with Crippen molar-refractivity contribution in [2.45, 2.75) is 63.3 Å². The zero-order valence-corrected chi connectivity index (χ0v) is 27.3. The molecule has 2 aromatic carbocycles. The van der Waals surface area contributed by atoms with Gasteiger partial charge in [0.1, 0.15) is 41.4 Å². The fourth-order valence-corrected chi connectivity index (χ4v) is 7.78. The summed E-state index contributed by atoms with van der Waals surface area (Å²) in [6.45, 7) is 5.56. The van der Waals surface area contributed by atoms with E-state index in [4.69, 9.17) is 30.6 Å². The summed E-state index contributed by atoms with van der Waals surface area (Å²) >= 11 is 0. The summed E-state index contributed by atoms with van der Waals surface area (Å²) in [6.07, 6.45) is 8.20. The van der Waals surface area contributed by atoms with Gasteiger partial charge in [0, 0.05) is 44.1 Å². The van der Waals surface area contributed by atoms with E-state index in [-0.39, 0.29) is 48.3 Å². The number of rotatable bonds is 8. The minimum atomic E-state index is -0.989. The predicted molar refractivity (Wildman–Crippen MR) is 176 cm³/mol. The van der Waals surface area contributed by atoms with Gasteiger partial charge in [-0.3, -0.25) is 4.90 Å². The number of methoxy groups -OCH3 is 1. The van der Waals surface area contributed by atoms with Gasteiger partial charge in [0.05, 0.1) is 27.8 Å². The Morgan fingerprint density at radius 2 is 1.90 bits per heavy atom. The van der Waals surface area contributed by atoms with Gasteiger partial charge in [0.25, 0.3) is 0 Å². The van der Waals surface area contributed by atoms with Crippen molar-refractivity contribution in [3.8, 4) is 35.4 Å². The maximum Gasteiger partial charge on any atom is 0.319 e. The third-order valence-electron chi connectivity index (χ3n) is 9.92. The van der Waals surface area contributed by atoms with E-state index in [1.54, 1.807) is 32.0 Å². The molecule has 0 radical (unpaired) electrons. The van der Waals surface area contributed by atoms with Crippen LogP contribution >= 0.6 is 0 Å². The van der Waals surface area contributed by atoms with Gasteiger partial charge in [0.2, 0.25) is 0 Å². The first kappa shape index (κ1) is 32.4. The number of aromatic nitrogens is 3. The summed E-state index contributed by atoms with van der Waals surface area (Å²) in [7, 11) is 1.48. The van der Waals surface area contributed by atoms with Crippen LogP contribution in [0.25, 0.3) is 32.9 Å². The summed E-state index contributed by atoms with van der Waals surface area (Å²) in [5.41, 5.74) is -1.01. The fourth-order valence-electron chi connectivity index (χ4n) is 7.78. The van der Waals surface area contributed by atoms with Crippen molar-refractivity contribution in [1.29, 1.82) is 0 Å². The highest BCUT2D eigenvalue weighted by Crippen LogP contribution is 2.43. The standard InChI is InChI=1S/C36H38F3N5O4/c1-5-25-27(38)9-8-22-14-24(48-20-46-4)15-26(29(22)25)31-30(39)32-28(21(2)40-31)33(43-12-6-10-35(3,45)18-43)42-34(41-32)47-19-36-11-7-13-44(36)17-23(37)16-36/h1,8-9,14-15,23,45H,6-7,10-13,16-20H2,2-4H3/t23-,35?,36+/m1/s1. The number of terminal acetylenes is 1. The Morgan fingerprint density at radius 1 is 1.08 bits per heavy atom. The first-order valence-corrected chi connectivity index (χ1v) is 16.2. The summed E-state index contributed by atoms with van der Waals surface area (Å²) < 4.78 is 63.7. The minimum absolute atomic E-state index is 0.0363. The van der Waals surface area contributed by atoms with E-state index in [0.29, 0.717) is 65.8 Å². The van der Waals surface area contributed by atoms with Crippen molar-refractivity contribution in [3.63, 3.8) is 0 Å². The van der Waals surface area contributed by atoms with Crippen LogP contribution in [0.1, 0.15) is 50.3 Å². The van der Waals surface area contributed by atoms with Gasteiger partial charge >= 0.3 is 6.01 Å². The van der Waals surface area contributed by atoms with Crippen LogP contribution in [0.15, 0.2) is 24.3 Å². The molecular formula is C36H38F3N5O4. The number of hydrogen-bond donors (Lipinski definition) is 1. The summed E-state index contributed by atoms with van der Waals surface area (Å²) in [4.78, 5) is 18.1. The first-order valence-electron chi connectivity index (χ1n) is 16.2. The van der Waals surface area contributed by atoms with Crippen molar-refractivity contribution >= 4 is 27.5 Å². The predicted octanol–water partition coefficient (Wildman–Crippen LogP) is 5.70. The van der Waals surface area contributed by atoms with Crippen molar-refractivity contribution < 1.29 is 32.5 Å². The number of benzene rings is 2. The molecule has 1 unspecified atom stereocenters. The molecule has 0 bridgehead atoms. The molecule has 7 rings (SSSR count). The van der Waals surface area contributed by atoms with E-state index >= 15 is 8.78 Å². The Morgan fingerprint density at radius 3 is 2.67 bits per heavy atom. The smallest absolute Gasteiger partial charge is 0.319 e. The SMILES string of the molecule is C#Cc1c(F)ccc2cc(OCOC)cc(-c3nc(C)c4c(N5CCCC(C)(O)C5)nc(OC[C@@]56CCCN5C[C@H](F)C6)nc4c3F)c12. The number of alkyl halides is 1. The second-order valence-electron chi connectivity index (χ2n) is 13.5. The van der Waals surface area contributed by atoms with Crippen LogP contribution in [0, 0.1) is 30.9 Å². The van der Waals surface area contributed by atoms with Crippen molar-refractivity contribution in [2.24, 2.45) is 0 Å². The number of β-amino-alcohol motifs (C(OH)–C–C–N with tert-alkyl or cyclic N) is 1. The van der Waals surface area contributed by atoms with Crippen LogP contribution in [0.2, 0.25) is 0 Å². The molecule has 0 amide bonds. The monoisotopic (exact) mass is 661 g/mol. The molecule has 48 heavy (non-hydrogen) atoms. The van der Waals surface area contributed by atoms with Gasteiger partial charge in [-0.1, -0.05) is 12.0 Å². The lowest BCUT2D eigenvalue weighted by Gasteiger charge is -2.38. The molecule has 3 aliphatic heterocycles. The number of aryl methyl sites for hydroxylation is 1. The maximum absolute atomic E-state index is 17.1. The largest absolute Gasteiger partial charge is 0.468 e. The lowest BCUT2D eigenvalue weighted by atomic mass is 9.94. The van der Waals surface area contributed by atoms with Gasteiger partial charge in [-0.15, -0.1) is 6.42 Å². The normalized spacial score (nSPS) is 24.3. The number of aliphatic hydroxyl groups is 1. The van der Waals surface area contributed by atoms with Crippen molar-refractivity contribution in [3.05, 3.63) is 47.2 Å². The lowest BCUT2D eigenvalue weighted by Crippen LogP contribution is -2.46. The maximum atomic E-state index is 17.1. The Labute approximate surface area is 277 Å². The quantitative estimate of drug-likeness (QED) is 0.189. The number of ether oxygens (including phenoxy) is 3. The van der Waals surface area contributed by atoms with Gasteiger partial charge in [-0.05, 0) is 69.7 Å². The molecule has 12 heteroatoms. The third-order valence-corrected chi connectivity index (χ3v) is 9.92. The molecule has 0 aliphatic carbocycles. The topological polar surface area (TPSA) is 93.1 Å². The fraction of sp³-hybridized carbons (Fsp3) is 0.472. The highest BCUT2D eigenvalue weighted by molar-refractivity contribution is 6.03. The molecule has 252 valence electrons. The van der Waals surface area contributed by atoms with E-state index in [9.17, 15) is 9.50 Å². The number of piperidine rings is 1. The first-order chi connectivity index (χ1) is 23.0. The van der Waals surface area contributed by atoms with Crippen LogP contribution in [0.3, 0.4) is 0 Å². The number of nitrogens with zero attached hydrogens (tertiary/aromatic N) is 5. The Balaban J connectivity index is 1.42. The second kappa shape index (κ2) is 12.4. The van der Waals surface area contributed by atoms with Crippen LogP contribution < -0.4 is 14.4 Å². The zero-order chi connectivity index (χ0) is 33.8. The van der Waals surface area contributed by atoms with Crippen LogP contribution in [-0.2, 0) is 4.74 Å². The van der Waals surface area contributed by atoms with Crippen LogP contribution in [0.5, 0.6) is 11.8 Å². The Bertz CT molecular complexity index is 1950. The molecule has 3 atom stereocenters. The molecule has 9 nitrogen and oxygen atoms in total. The third kappa shape index (κ3) is 5.67. The molecule has 1 N–H and O–H groups in total. The van der Waals surface area contributed by atoms with E-state index in [1.807, 2.05) is 4.90 Å². The number of hydrogen-bond acceptors (Lipinski definition) is 9. The molecule has 2 aromatic heterocycles. The molecule has 0 spiro atoms. The molecular weight excluding hydrogens is 623 g/mol. The summed E-state index contributed by atoms with van der Waals surface area (Å²) in [6, 6.07) is 5.98. The number of fused-ring (bicyclic) bond motifs is 3. The average molecular weight is 662 g/mol. The van der Waals surface area contributed by atoms with E-state index in [1.165, 1.54) is 13.2 Å². The molecule has 3 aliphatic rings. The van der Waals surface area contributed by atoms with Crippen LogP contribution in [-0.4, -0.2) is 89.0 Å². The van der Waals surface area contributed by atoms with Crippen molar-refractivity contribution in [2.75, 3.05) is 51.6 Å². The van der Waals surface area contributed by atoms with Gasteiger partial charge in [-0.2, -0.15) is 9.97 Å². The number of anilines is 1. The lowest BCUT2D eigenvalue weighted by molar-refractivity contribution is 0.0447. The Hall–Kier alpha value is -4.18. The van der Waals surface area contributed by atoms with E-state index in [2.05, 4.69) is 15.8 Å². The van der Waals surface area contributed by atoms with Crippen molar-refractivity contribution in [1.82, 2.24) is 19.9 Å². The minimum Gasteiger partial charge on any atom is -0.468 e.